The van der Waals surface area contributed by atoms with Crippen LogP contribution in [0.25, 0.3) is 0 Å². The van der Waals surface area contributed by atoms with Crippen molar-refractivity contribution in [3.05, 3.63) is 35.4 Å². The van der Waals surface area contributed by atoms with Gasteiger partial charge >= 0.3 is 0 Å². The second-order valence-electron chi connectivity index (χ2n) is 9.96. The fraction of sp³-hybridized carbons (Fsp3) is 0.667. The van der Waals surface area contributed by atoms with Gasteiger partial charge in [-0.2, -0.15) is 0 Å². The summed E-state index contributed by atoms with van der Waals surface area (Å²) < 4.78 is 5.32. The Kier molecular flexibility index (Phi) is 4.69. The highest BCUT2D eigenvalue weighted by atomic mass is 16.5. The van der Waals surface area contributed by atoms with E-state index in [-0.39, 0.29) is 23.3 Å². The summed E-state index contributed by atoms with van der Waals surface area (Å²) in [5.74, 6) is 1.48. The monoisotopic (exact) mass is 396 g/mol. The molecule has 5 heteroatoms. The molecule has 29 heavy (non-hydrogen) atoms. The first-order valence-corrected chi connectivity index (χ1v) is 11.2. The normalized spacial score (nSPS) is 31.0. The average molecular weight is 397 g/mol. The van der Waals surface area contributed by atoms with Crippen molar-refractivity contribution in [3.63, 3.8) is 0 Å². The van der Waals surface area contributed by atoms with E-state index >= 15 is 0 Å². The molecule has 0 radical (unpaired) electrons. The average Bonchev–Trinajstić information content (AvgIpc) is 3.41. The SMILES string of the molecule is Cc1ccccc1[C@@H]1[C@H]2CN(C(=O)C3(C)COC3)C[C@H]2CN1C(=O)C1CCCC1. The van der Waals surface area contributed by atoms with Gasteiger partial charge in [0, 0.05) is 37.4 Å². The van der Waals surface area contributed by atoms with E-state index in [9.17, 15) is 9.59 Å². The number of amides is 2. The largest absolute Gasteiger partial charge is 0.379 e. The van der Waals surface area contributed by atoms with Gasteiger partial charge in [0.1, 0.15) is 0 Å². The fourth-order valence-electron chi connectivity index (χ4n) is 6.08. The summed E-state index contributed by atoms with van der Waals surface area (Å²) in [6.45, 7) is 7.54. The number of rotatable bonds is 3. The smallest absolute Gasteiger partial charge is 0.233 e. The van der Waals surface area contributed by atoms with E-state index in [0.29, 0.717) is 31.0 Å². The highest BCUT2D eigenvalue weighted by Crippen LogP contribution is 2.48. The number of carbonyl (C=O) groups is 2. The van der Waals surface area contributed by atoms with Gasteiger partial charge in [-0.25, -0.2) is 0 Å². The molecule has 0 aromatic heterocycles. The zero-order valence-corrected chi connectivity index (χ0v) is 17.6. The number of likely N-dealkylation sites (tertiary alicyclic amines) is 2. The molecule has 2 amide bonds. The Morgan fingerprint density at radius 2 is 1.79 bits per heavy atom. The third kappa shape index (κ3) is 3.09. The summed E-state index contributed by atoms with van der Waals surface area (Å²) in [4.78, 5) is 30.8. The molecule has 4 aliphatic rings. The summed E-state index contributed by atoms with van der Waals surface area (Å²) in [5, 5.41) is 0. The molecule has 0 N–H and O–H groups in total. The zero-order valence-electron chi connectivity index (χ0n) is 17.6. The van der Waals surface area contributed by atoms with Crippen LogP contribution in [0.5, 0.6) is 0 Å². The minimum absolute atomic E-state index is 0.0950. The molecular weight excluding hydrogens is 364 g/mol. The van der Waals surface area contributed by atoms with Gasteiger partial charge in [0.05, 0.1) is 24.7 Å². The van der Waals surface area contributed by atoms with E-state index in [4.69, 9.17) is 4.74 Å². The van der Waals surface area contributed by atoms with Crippen LogP contribution in [0.15, 0.2) is 24.3 Å². The van der Waals surface area contributed by atoms with Crippen molar-refractivity contribution in [2.45, 2.75) is 45.6 Å². The molecule has 156 valence electrons. The van der Waals surface area contributed by atoms with E-state index in [1.165, 1.54) is 24.0 Å². The van der Waals surface area contributed by atoms with Crippen LogP contribution < -0.4 is 0 Å². The van der Waals surface area contributed by atoms with Crippen LogP contribution in [-0.2, 0) is 14.3 Å². The number of aryl methyl sites for hydroxylation is 1. The number of carbonyl (C=O) groups excluding carboxylic acids is 2. The second-order valence-corrected chi connectivity index (χ2v) is 9.96. The van der Waals surface area contributed by atoms with Crippen molar-refractivity contribution in [2.24, 2.45) is 23.2 Å². The molecular formula is C24H32N2O3. The van der Waals surface area contributed by atoms with Crippen molar-refractivity contribution in [1.29, 1.82) is 0 Å². The molecule has 0 unspecified atom stereocenters. The molecule has 3 atom stereocenters. The topological polar surface area (TPSA) is 49.9 Å². The first-order valence-electron chi connectivity index (χ1n) is 11.2. The number of hydrogen-bond acceptors (Lipinski definition) is 3. The highest BCUT2D eigenvalue weighted by molar-refractivity contribution is 5.84. The number of benzene rings is 1. The quantitative estimate of drug-likeness (QED) is 0.789. The molecule has 1 aromatic rings. The van der Waals surface area contributed by atoms with Crippen LogP contribution in [0.2, 0.25) is 0 Å². The third-order valence-corrected chi connectivity index (χ3v) is 7.80. The highest BCUT2D eigenvalue weighted by Gasteiger charge is 2.53. The van der Waals surface area contributed by atoms with Gasteiger partial charge in [-0.15, -0.1) is 0 Å². The molecule has 1 aromatic carbocycles. The maximum absolute atomic E-state index is 13.4. The number of fused-ring (bicyclic) bond motifs is 1. The summed E-state index contributed by atoms with van der Waals surface area (Å²) >= 11 is 0. The van der Waals surface area contributed by atoms with Gasteiger partial charge in [0.2, 0.25) is 11.8 Å². The number of ether oxygens (including phenoxy) is 1. The van der Waals surface area contributed by atoms with E-state index in [2.05, 4.69) is 41.0 Å². The summed E-state index contributed by atoms with van der Waals surface area (Å²) in [5.41, 5.74) is 2.15. The van der Waals surface area contributed by atoms with Gasteiger partial charge in [-0.3, -0.25) is 9.59 Å². The number of hydrogen-bond donors (Lipinski definition) is 0. The van der Waals surface area contributed by atoms with Crippen molar-refractivity contribution in [2.75, 3.05) is 32.8 Å². The van der Waals surface area contributed by atoms with Gasteiger partial charge < -0.3 is 14.5 Å². The Balaban J connectivity index is 1.42. The zero-order chi connectivity index (χ0) is 20.2. The van der Waals surface area contributed by atoms with Crippen molar-refractivity contribution in [1.82, 2.24) is 9.80 Å². The molecule has 3 saturated heterocycles. The lowest BCUT2D eigenvalue weighted by atomic mass is 9.86. The van der Waals surface area contributed by atoms with Crippen LogP contribution >= 0.6 is 0 Å². The van der Waals surface area contributed by atoms with Crippen LogP contribution in [0.3, 0.4) is 0 Å². The lowest BCUT2D eigenvalue weighted by molar-refractivity contribution is -0.168. The van der Waals surface area contributed by atoms with Crippen molar-refractivity contribution < 1.29 is 14.3 Å². The van der Waals surface area contributed by atoms with E-state index in [0.717, 1.165) is 32.5 Å². The molecule has 0 spiro atoms. The van der Waals surface area contributed by atoms with Gasteiger partial charge in [0.15, 0.2) is 0 Å². The van der Waals surface area contributed by atoms with Crippen LogP contribution in [0.4, 0.5) is 0 Å². The summed E-state index contributed by atoms with van der Waals surface area (Å²) in [7, 11) is 0. The first kappa shape index (κ1) is 19.1. The van der Waals surface area contributed by atoms with Gasteiger partial charge in [0.25, 0.3) is 0 Å². The maximum atomic E-state index is 13.4. The Morgan fingerprint density at radius 3 is 2.45 bits per heavy atom. The Morgan fingerprint density at radius 1 is 1.07 bits per heavy atom. The van der Waals surface area contributed by atoms with Crippen LogP contribution in [-0.4, -0.2) is 54.5 Å². The molecule has 3 aliphatic heterocycles. The van der Waals surface area contributed by atoms with Crippen LogP contribution in [0, 0.1) is 30.1 Å². The molecule has 4 fully saturated rings. The molecule has 5 nitrogen and oxygen atoms in total. The molecule has 5 rings (SSSR count). The maximum Gasteiger partial charge on any atom is 0.233 e. The molecule has 1 saturated carbocycles. The Bertz CT molecular complexity index is 812. The predicted octanol–water partition coefficient (Wildman–Crippen LogP) is 3.18. The Labute approximate surface area is 173 Å². The van der Waals surface area contributed by atoms with Crippen molar-refractivity contribution in [3.8, 4) is 0 Å². The third-order valence-electron chi connectivity index (χ3n) is 7.80. The molecule has 3 heterocycles. The summed E-state index contributed by atoms with van der Waals surface area (Å²) in [6, 6.07) is 8.57. The lowest BCUT2D eigenvalue weighted by Crippen LogP contribution is -2.53. The van der Waals surface area contributed by atoms with Gasteiger partial charge in [-0.1, -0.05) is 37.1 Å². The first-order chi connectivity index (χ1) is 14.0. The predicted molar refractivity (Wildman–Crippen MR) is 110 cm³/mol. The van der Waals surface area contributed by atoms with E-state index in [1.807, 2.05) is 6.92 Å². The second kappa shape index (κ2) is 7.12. The fourth-order valence-corrected chi connectivity index (χ4v) is 6.08. The lowest BCUT2D eigenvalue weighted by Gasteiger charge is -2.40. The summed E-state index contributed by atoms with van der Waals surface area (Å²) in [6.07, 6.45) is 4.42. The minimum atomic E-state index is -0.351. The standard InChI is InChI=1S/C24H32N2O3/c1-16-7-3-6-10-19(16)21-20-13-25(23(28)24(2)14-29-15-24)11-18(20)12-26(21)22(27)17-8-4-5-9-17/h3,6-7,10,17-18,20-21H,4-5,8-9,11-15H2,1-2H3/t18-,20-,21+/m0/s1. The van der Waals surface area contributed by atoms with Crippen LogP contribution in [0.1, 0.15) is 49.8 Å². The van der Waals surface area contributed by atoms with Crippen molar-refractivity contribution >= 4 is 11.8 Å². The van der Waals surface area contributed by atoms with E-state index < -0.39 is 0 Å². The molecule has 0 bridgehead atoms. The number of nitrogens with zero attached hydrogens (tertiary/aromatic N) is 2. The van der Waals surface area contributed by atoms with E-state index in [1.54, 1.807) is 0 Å². The molecule has 1 aliphatic carbocycles. The Hall–Kier alpha value is -1.88. The minimum Gasteiger partial charge on any atom is -0.379 e. The van der Waals surface area contributed by atoms with Gasteiger partial charge in [-0.05, 0) is 37.8 Å².